The van der Waals surface area contributed by atoms with E-state index >= 15 is 0 Å². The smallest absolute Gasteiger partial charge is 0.260 e. The number of likely N-dealkylation sites (N-methyl/N-ethyl adjacent to an activating group) is 1. The topological polar surface area (TPSA) is 58.6 Å². The predicted octanol–water partition coefficient (Wildman–Crippen LogP) is 3.70. The van der Waals surface area contributed by atoms with Crippen LogP contribution in [0.1, 0.15) is 27.8 Å². The van der Waals surface area contributed by atoms with Gasteiger partial charge in [-0.1, -0.05) is 29.8 Å². The fourth-order valence-corrected chi connectivity index (χ4v) is 3.02. The summed E-state index contributed by atoms with van der Waals surface area (Å²) in [4.78, 5) is 26.0. The van der Waals surface area contributed by atoms with Crippen LogP contribution in [0.5, 0.6) is 5.75 Å². The Bertz CT molecular complexity index is 836. The molecule has 2 aromatic carbocycles. The van der Waals surface area contributed by atoms with E-state index in [0.717, 1.165) is 39.3 Å². The summed E-state index contributed by atoms with van der Waals surface area (Å²) in [5.41, 5.74) is 6.04. The van der Waals surface area contributed by atoms with E-state index in [4.69, 9.17) is 4.74 Å². The molecule has 5 nitrogen and oxygen atoms in total. The third-order valence-corrected chi connectivity index (χ3v) is 4.63. The van der Waals surface area contributed by atoms with Gasteiger partial charge in [-0.25, -0.2) is 0 Å². The zero-order chi connectivity index (χ0) is 20.1. The van der Waals surface area contributed by atoms with Gasteiger partial charge < -0.3 is 15.0 Å². The summed E-state index contributed by atoms with van der Waals surface area (Å²) in [5.74, 6) is 0.245. The van der Waals surface area contributed by atoms with E-state index in [0.29, 0.717) is 0 Å². The van der Waals surface area contributed by atoms with E-state index in [1.165, 1.54) is 4.90 Å². The van der Waals surface area contributed by atoms with Gasteiger partial charge in [0.1, 0.15) is 5.75 Å². The van der Waals surface area contributed by atoms with Gasteiger partial charge in [-0.05, 0) is 62.9 Å². The van der Waals surface area contributed by atoms with E-state index in [-0.39, 0.29) is 25.0 Å². The first-order valence-corrected chi connectivity index (χ1v) is 8.99. The number of ether oxygens (including phenoxy) is 1. The van der Waals surface area contributed by atoms with E-state index < -0.39 is 0 Å². The molecule has 27 heavy (non-hydrogen) atoms. The number of anilines is 1. The molecule has 0 bridgehead atoms. The average molecular weight is 368 g/mol. The Hall–Kier alpha value is -2.82. The van der Waals surface area contributed by atoms with Gasteiger partial charge in [0.2, 0.25) is 5.91 Å². The first kappa shape index (κ1) is 20.5. The van der Waals surface area contributed by atoms with Gasteiger partial charge in [0.25, 0.3) is 5.91 Å². The molecule has 144 valence electrons. The molecular formula is C22H28N2O3. The summed E-state index contributed by atoms with van der Waals surface area (Å²) in [6.07, 6.45) is 0. The van der Waals surface area contributed by atoms with Crippen LogP contribution in [0.3, 0.4) is 0 Å². The van der Waals surface area contributed by atoms with Crippen molar-refractivity contribution < 1.29 is 14.3 Å². The lowest BCUT2D eigenvalue weighted by Gasteiger charge is -2.19. The monoisotopic (exact) mass is 368 g/mol. The zero-order valence-electron chi connectivity index (χ0n) is 17.0. The van der Waals surface area contributed by atoms with Crippen molar-refractivity contribution in [2.45, 2.75) is 34.6 Å². The highest BCUT2D eigenvalue weighted by molar-refractivity contribution is 5.95. The number of rotatable bonds is 6. The molecule has 2 aromatic rings. The number of nitrogens with zero attached hydrogens (tertiary/aromatic N) is 1. The van der Waals surface area contributed by atoms with Crippen molar-refractivity contribution in [3.63, 3.8) is 0 Å². The third-order valence-electron chi connectivity index (χ3n) is 4.63. The molecule has 0 saturated carbocycles. The van der Waals surface area contributed by atoms with E-state index in [9.17, 15) is 9.59 Å². The van der Waals surface area contributed by atoms with Crippen molar-refractivity contribution in [2.24, 2.45) is 0 Å². The quantitative estimate of drug-likeness (QED) is 0.846. The summed E-state index contributed by atoms with van der Waals surface area (Å²) >= 11 is 0. The molecule has 0 heterocycles. The second-order valence-corrected chi connectivity index (χ2v) is 7.06. The summed E-state index contributed by atoms with van der Waals surface area (Å²) in [6, 6.07) is 9.79. The van der Waals surface area contributed by atoms with Crippen LogP contribution in [-0.2, 0) is 9.59 Å². The van der Waals surface area contributed by atoms with Crippen LogP contribution in [0.15, 0.2) is 30.3 Å². The van der Waals surface area contributed by atoms with Crippen molar-refractivity contribution in [2.75, 3.05) is 25.5 Å². The molecule has 0 aliphatic carbocycles. The number of amides is 2. The summed E-state index contributed by atoms with van der Waals surface area (Å²) in [5, 5.41) is 2.86. The number of hydrogen-bond donors (Lipinski definition) is 1. The fourth-order valence-electron chi connectivity index (χ4n) is 3.02. The second-order valence-electron chi connectivity index (χ2n) is 7.06. The number of benzene rings is 2. The van der Waals surface area contributed by atoms with Crippen molar-refractivity contribution in [3.05, 3.63) is 58.1 Å². The molecule has 0 spiro atoms. The highest BCUT2D eigenvalue weighted by Gasteiger charge is 2.16. The number of nitrogens with one attached hydrogen (secondary N) is 1. The molecule has 2 rings (SSSR count). The van der Waals surface area contributed by atoms with Crippen LogP contribution < -0.4 is 10.1 Å². The van der Waals surface area contributed by atoms with Crippen LogP contribution in [-0.4, -0.2) is 36.9 Å². The molecule has 0 atom stereocenters. The number of carbonyl (C=O) groups excluding carboxylic acids is 2. The normalized spacial score (nSPS) is 10.4. The summed E-state index contributed by atoms with van der Waals surface area (Å²) in [6.45, 7) is 9.77. The van der Waals surface area contributed by atoms with Crippen molar-refractivity contribution in [3.8, 4) is 5.75 Å². The first-order chi connectivity index (χ1) is 12.7. The van der Waals surface area contributed by atoms with Crippen LogP contribution >= 0.6 is 0 Å². The number of hydrogen-bond acceptors (Lipinski definition) is 3. The van der Waals surface area contributed by atoms with Gasteiger partial charge in [-0.2, -0.15) is 0 Å². The highest BCUT2D eigenvalue weighted by Crippen LogP contribution is 2.24. The maximum absolute atomic E-state index is 12.3. The lowest BCUT2D eigenvalue weighted by molar-refractivity contribution is -0.135. The van der Waals surface area contributed by atoms with Gasteiger partial charge in [0.15, 0.2) is 6.61 Å². The molecule has 2 amide bonds. The molecule has 0 saturated heterocycles. The minimum absolute atomic E-state index is 0.0264. The Morgan fingerprint density at radius 2 is 1.63 bits per heavy atom. The Labute approximate surface area is 161 Å². The van der Waals surface area contributed by atoms with Crippen LogP contribution in [0.4, 0.5) is 5.69 Å². The molecule has 0 radical (unpaired) electrons. The highest BCUT2D eigenvalue weighted by atomic mass is 16.5. The molecule has 1 N–H and O–H groups in total. The standard InChI is InChI=1S/C22H28N2O3/c1-14-10-16(3)22(17(4)11-14)27-13-21(26)24(6)12-20(25)23-19-9-7-8-15(2)18(19)5/h7-11H,12-13H2,1-6H3,(H,23,25). The Kier molecular flexibility index (Phi) is 6.61. The summed E-state index contributed by atoms with van der Waals surface area (Å²) < 4.78 is 5.72. The molecular weight excluding hydrogens is 340 g/mol. The maximum atomic E-state index is 12.3. The van der Waals surface area contributed by atoms with Gasteiger partial charge in [-0.3, -0.25) is 9.59 Å². The average Bonchev–Trinajstić information content (AvgIpc) is 2.57. The predicted molar refractivity (Wildman–Crippen MR) is 108 cm³/mol. The first-order valence-electron chi connectivity index (χ1n) is 8.99. The fraction of sp³-hybridized carbons (Fsp3) is 0.364. The van der Waals surface area contributed by atoms with Crippen molar-refractivity contribution in [1.29, 1.82) is 0 Å². The van der Waals surface area contributed by atoms with E-state index in [2.05, 4.69) is 5.32 Å². The molecule has 5 heteroatoms. The number of carbonyl (C=O) groups is 2. The van der Waals surface area contributed by atoms with Crippen LogP contribution in [0.25, 0.3) is 0 Å². The maximum Gasteiger partial charge on any atom is 0.260 e. The van der Waals surface area contributed by atoms with Gasteiger partial charge in [0.05, 0.1) is 6.54 Å². The van der Waals surface area contributed by atoms with Crippen molar-refractivity contribution in [1.82, 2.24) is 4.90 Å². The van der Waals surface area contributed by atoms with Crippen LogP contribution in [0.2, 0.25) is 0 Å². The van der Waals surface area contributed by atoms with E-state index in [1.54, 1.807) is 7.05 Å². The molecule has 0 aliphatic heterocycles. The van der Waals surface area contributed by atoms with Crippen molar-refractivity contribution >= 4 is 17.5 Å². The number of aryl methyl sites for hydroxylation is 4. The molecule has 0 aliphatic rings. The second kappa shape index (κ2) is 8.71. The van der Waals surface area contributed by atoms with Gasteiger partial charge in [-0.15, -0.1) is 0 Å². The lowest BCUT2D eigenvalue weighted by Crippen LogP contribution is -2.37. The minimum Gasteiger partial charge on any atom is -0.483 e. The SMILES string of the molecule is Cc1cc(C)c(OCC(=O)N(C)CC(=O)Nc2cccc(C)c2C)c(C)c1. The summed E-state index contributed by atoms with van der Waals surface area (Å²) in [7, 11) is 1.60. The molecule has 0 fully saturated rings. The van der Waals surface area contributed by atoms with E-state index in [1.807, 2.05) is 65.0 Å². The Balaban J connectivity index is 1.92. The molecule has 0 unspecified atom stereocenters. The van der Waals surface area contributed by atoms with Gasteiger partial charge in [0, 0.05) is 12.7 Å². The zero-order valence-corrected chi connectivity index (χ0v) is 17.0. The third kappa shape index (κ3) is 5.33. The van der Waals surface area contributed by atoms with Crippen LogP contribution in [0, 0.1) is 34.6 Å². The van der Waals surface area contributed by atoms with Gasteiger partial charge >= 0.3 is 0 Å². The minimum atomic E-state index is -0.245. The Morgan fingerprint density at radius 3 is 2.26 bits per heavy atom. The Morgan fingerprint density at radius 1 is 1.00 bits per heavy atom. The largest absolute Gasteiger partial charge is 0.483 e. The lowest BCUT2D eigenvalue weighted by atomic mass is 10.1. The molecule has 0 aromatic heterocycles.